The Labute approximate surface area is 430 Å². The fourth-order valence-electron chi connectivity index (χ4n) is 10.8. The van der Waals surface area contributed by atoms with Gasteiger partial charge >= 0.3 is 5.97 Å². The fourth-order valence-corrected chi connectivity index (χ4v) is 12.4. The number of hydrogen-bond donors (Lipinski definition) is 4. The van der Waals surface area contributed by atoms with E-state index in [1.54, 1.807) is 49.0 Å². The average molecular weight is 1020 g/mol. The molecular weight excluding hydrogens is 955 g/mol. The maximum Gasteiger partial charge on any atom is 0.333 e. The summed E-state index contributed by atoms with van der Waals surface area (Å²) in [4.78, 5) is 130. The van der Waals surface area contributed by atoms with Crippen LogP contribution in [0.5, 0.6) is 5.75 Å². The number of aromatic nitrogens is 1. The number of ether oxygens (including phenoxy) is 1. The summed E-state index contributed by atoms with van der Waals surface area (Å²) in [7, 11) is 5.33. The number of rotatable bonds is 10. The van der Waals surface area contributed by atoms with Crippen molar-refractivity contribution >= 4 is 64.6 Å². The molecule has 1 aromatic heterocycles. The first-order valence-corrected chi connectivity index (χ1v) is 26.4. The van der Waals surface area contributed by atoms with Crippen LogP contribution in [0.1, 0.15) is 80.0 Å². The molecule has 3 aromatic rings. The first-order chi connectivity index (χ1) is 35.0. The lowest BCUT2D eigenvalue weighted by atomic mass is 9.88. The van der Waals surface area contributed by atoms with E-state index in [2.05, 4.69) is 25.8 Å². The summed E-state index contributed by atoms with van der Waals surface area (Å²) in [6.07, 6.45) is 2.40. The number of nitrogens with zero attached hydrogens (tertiary/aromatic N) is 6. The van der Waals surface area contributed by atoms with Gasteiger partial charge in [-0.3, -0.25) is 33.6 Å². The molecule has 6 aliphatic rings. The van der Waals surface area contributed by atoms with Crippen LogP contribution < -0.4 is 20.9 Å². The van der Waals surface area contributed by atoms with Crippen LogP contribution in [0.15, 0.2) is 72.9 Å². The van der Waals surface area contributed by atoms with Gasteiger partial charge in [-0.05, 0) is 93.4 Å². The number of ketones is 1. The predicted octanol–water partition coefficient (Wildman–Crippen LogP) is 2.32. The minimum absolute atomic E-state index is 0.0289. The van der Waals surface area contributed by atoms with Crippen molar-refractivity contribution in [1.29, 1.82) is 0 Å². The van der Waals surface area contributed by atoms with Crippen molar-refractivity contribution in [1.82, 2.24) is 40.5 Å². The molecule has 6 aliphatic heterocycles. The molecular formula is C53H67N9O10S. The molecule has 390 valence electrons. The van der Waals surface area contributed by atoms with Crippen molar-refractivity contribution < 1.29 is 48.2 Å². The second-order valence-electron chi connectivity index (χ2n) is 20.1. The van der Waals surface area contributed by atoms with Crippen molar-refractivity contribution in [3.05, 3.63) is 89.7 Å². The van der Waals surface area contributed by atoms with Gasteiger partial charge < -0.3 is 50.3 Å². The van der Waals surface area contributed by atoms with Crippen LogP contribution in [0.25, 0.3) is 0 Å². The summed E-state index contributed by atoms with van der Waals surface area (Å²) >= 11 is 1.73. The van der Waals surface area contributed by atoms with Gasteiger partial charge in [-0.1, -0.05) is 49.4 Å². The first-order valence-electron chi connectivity index (χ1n) is 25.3. The number of likely N-dealkylation sites (N-methyl/N-ethyl adjacent to an activating group) is 1. The third-order valence-electron chi connectivity index (χ3n) is 15.2. The normalized spacial score (nSPS) is 29.5. The lowest BCUT2D eigenvalue weighted by Crippen LogP contribution is -2.63. The van der Waals surface area contributed by atoms with E-state index in [-0.39, 0.29) is 50.1 Å². The average Bonchev–Trinajstić information content (AvgIpc) is 3.89. The summed E-state index contributed by atoms with van der Waals surface area (Å²) in [5.41, 5.74) is 1.49. The zero-order chi connectivity index (χ0) is 52.1. The molecule has 7 heterocycles. The summed E-state index contributed by atoms with van der Waals surface area (Å²) in [5, 5.41) is 18.8. The quantitative estimate of drug-likeness (QED) is 0.214. The third-order valence-corrected chi connectivity index (χ3v) is 16.7. The van der Waals surface area contributed by atoms with Crippen molar-refractivity contribution in [3.8, 4) is 5.75 Å². The number of pyridine rings is 1. The SMILES string of the molecule is CC[C@H]1NC(=O)[C@@H](NC(=O)c2ncccc2O)[C@H](C)OC(=O)[C@H](c2ccccc2)NC(=O)[C@@H]2CC(=O)[C@H](CS[C@@H]3CN4CCC3CC4)CN2C(=O)[C@H](Cc2ccc(N(C)C)cc2)N(C)C(=O)[C@@H]2CCCN2C1=O. The summed E-state index contributed by atoms with van der Waals surface area (Å²) in [5.74, 6) is -5.83. The number of anilines is 1. The Morgan fingerprint density at radius 2 is 1.58 bits per heavy atom. The molecule has 9 rings (SSSR count). The molecule has 9 atom stereocenters. The van der Waals surface area contributed by atoms with Crippen LogP contribution in [0.4, 0.5) is 5.69 Å². The molecule has 6 saturated heterocycles. The van der Waals surface area contributed by atoms with E-state index >= 15 is 14.4 Å². The first kappa shape index (κ1) is 52.8. The second-order valence-corrected chi connectivity index (χ2v) is 21.4. The maximum atomic E-state index is 15.7. The van der Waals surface area contributed by atoms with Gasteiger partial charge in [-0.25, -0.2) is 9.78 Å². The third kappa shape index (κ3) is 11.8. The van der Waals surface area contributed by atoms with Crippen LogP contribution >= 0.6 is 11.8 Å². The Morgan fingerprint density at radius 1 is 0.849 bits per heavy atom. The molecule has 73 heavy (non-hydrogen) atoms. The second kappa shape index (κ2) is 23.1. The molecule has 6 amide bonds. The molecule has 2 aromatic carbocycles. The highest BCUT2D eigenvalue weighted by molar-refractivity contribution is 8.00. The van der Waals surface area contributed by atoms with Crippen molar-refractivity contribution in [3.63, 3.8) is 0 Å². The van der Waals surface area contributed by atoms with Crippen LogP contribution in [0.3, 0.4) is 0 Å². The van der Waals surface area contributed by atoms with E-state index < -0.39 is 101 Å². The zero-order valence-corrected chi connectivity index (χ0v) is 42.9. The van der Waals surface area contributed by atoms with Crippen LogP contribution in [0.2, 0.25) is 0 Å². The molecule has 20 heteroatoms. The summed E-state index contributed by atoms with van der Waals surface area (Å²) in [6.45, 7) is 6.11. The highest BCUT2D eigenvalue weighted by Crippen LogP contribution is 2.37. The Morgan fingerprint density at radius 3 is 2.23 bits per heavy atom. The number of Topliss-reactive ketones (excluding diaryl/α,β-unsaturated/α-hetero) is 1. The van der Waals surface area contributed by atoms with Crippen LogP contribution in [0, 0.1) is 11.8 Å². The van der Waals surface area contributed by atoms with Crippen molar-refractivity contribution in [2.75, 3.05) is 64.5 Å². The fraction of sp³-hybridized carbons (Fsp3) is 0.528. The molecule has 0 spiro atoms. The number of cyclic esters (lactones) is 1. The van der Waals surface area contributed by atoms with Gasteiger partial charge in [-0.15, -0.1) is 0 Å². The molecule has 0 unspecified atom stereocenters. The molecule has 0 aliphatic carbocycles. The minimum atomic E-state index is -1.69. The number of aromatic hydroxyl groups is 1. The lowest BCUT2D eigenvalue weighted by molar-refractivity contribution is -0.157. The van der Waals surface area contributed by atoms with Gasteiger partial charge in [0, 0.05) is 82.4 Å². The smallest absolute Gasteiger partial charge is 0.333 e. The van der Waals surface area contributed by atoms with Crippen molar-refractivity contribution in [2.24, 2.45) is 11.8 Å². The highest BCUT2D eigenvalue weighted by atomic mass is 32.2. The number of carbonyl (C=O) groups is 8. The van der Waals surface area contributed by atoms with Gasteiger partial charge in [0.15, 0.2) is 11.7 Å². The van der Waals surface area contributed by atoms with E-state index in [0.29, 0.717) is 23.3 Å². The van der Waals surface area contributed by atoms with Crippen LogP contribution in [-0.4, -0.2) is 178 Å². The minimum Gasteiger partial charge on any atom is -0.505 e. The standard InChI is InChI=1S/C53H67N9O10S/c1-6-37-50(68)61-23-11-14-38(61)51(69)59(5)40(26-32-16-18-36(19-17-32)58(3)4)52(70)62-28-35(30-73-43-29-60-24-20-33(43)21-25-60)42(64)27-39(62)47(65)57-45(34-12-8-7-9-13-34)53(71)72-31(2)44(48(66)55-37)56-49(67)46-41(63)15-10-22-54-46/h7-10,12-13,15-19,22,31,33,35,37-40,43-45,63H,6,11,14,20-21,23-30H2,1-5H3,(H,55,66)(H,56,67)(H,57,65)/t31-,35-,37+,38-,39-,40-,43+,44-,45-/m0/s1. The number of benzene rings is 2. The van der Waals surface area contributed by atoms with E-state index in [4.69, 9.17) is 4.74 Å². The largest absolute Gasteiger partial charge is 0.505 e. The number of amides is 6. The van der Waals surface area contributed by atoms with Gasteiger partial charge in [0.05, 0.1) is 0 Å². The number of carbonyl (C=O) groups excluding carboxylic acids is 8. The number of thioether (sulfide) groups is 1. The van der Waals surface area contributed by atoms with Gasteiger partial charge in [0.25, 0.3) is 5.91 Å². The van der Waals surface area contributed by atoms with E-state index in [1.165, 1.54) is 47.0 Å². The monoisotopic (exact) mass is 1020 g/mol. The maximum absolute atomic E-state index is 15.7. The van der Waals surface area contributed by atoms with Gasteiger partial charge in [-0.2, -0.15) is 11.8 Å². The Bertz CT molecular complexity index is 2540. The van der Waals surface area contributed by atoms with Crippen LogP contribution in [-0.2, 0) is 44.7 Å². The number of esters is 1. The number of fused-ring (bicyclic) bond motifs is 5. The summed E-state index contributed by atoms with van der Waals surface area (Å²) < 4.78 is 5.97. The lowest BCUT2D eigenvalue weighted by Gasteiger charge is -2.45. The Hall–Kier alpha value is -6.54. The molecule has 6 fully saturated rings. The number of hydrogen-bond acceptors (Lipinski definition) is 14. The molecule has 4 N–H and O–H groups in total. The predicted molar refractivity (Wildman–Crippen MR) is 272 cm³/mol. The molecule has 0 radical (unpaired) electrons. The van der Waals surface area contributed by atoms with Gasteiger partial charge in [0.1, 0.15) is 47.8 Å². The number of nitrogens with one attached hydrogen (secondary N) is 3. The van der Waals surface area contributed by atoms with Crippen molar-refractivity contribution in [2.45, 2.75) is 106 Å². The molecule has 2 bridgehead atoms. The number of piperidine rings is 4. The van der Waals surface area contributed by atoms with E-state index in [1.807, 2.05) is 43.3 Å². The molecule has 0 saturated carbocycles. The highest BCUT2D eigenvalue weighted by Gasteiger charge is 2.48. The van der Waals surface area contributed by atoms with E-state index in [9.17, 15) is 29.1 Å². The topological polar surface area (TPSA) is 231 Å². The van der Waals surface area contributed by atoms with Gasteiger partial charge in [0.2, 0.25) is 29.5 Å². The summed E-state index contributed by atoms with van der Waals surface area (Å²) in [6, 6.07) is 10.3. The van der Waals surface area contributed by atoms with E-state index in [0.717, 1.165) is 43.7 Å². The Kier molecular flexibility index (Phi) is 16.7. The zero-order valence-electron chi connectivity index (χ0n) is 42.1. The Balaban J connectivity index is 1.19. The molecule has 19 nitrogen and oxygen atoms in total.